The molecule has 4 nitrogen and oxygen atoms in total. The van der Waals surface area contributed by atoms with Gasteiger partial charge in [-0.1, -0.05) is 18.9 Å². The zero-order valence-electron chi connectivity index (χ0n) is 11.3. The van der Waals surface area contributed by atoms with Crippen LogP contribution < -0.4 is 4.74 Å². The Morgan fingerprint density at radius 2 is 1.95 bits per heavy atom. The van der Waals surface area contributed by atoms with E-state index < -0.39 is 6.10 Å². The molecule has 1 aromatic rings. The number of hydrogen-bond acceptors (Lipinski definition) is 3. The van der Waals surface area contributed by atoms with Crippen molar-refractivity contribution in [2.45, 2.75) is 38.7 Å². The predicted molar refractivity (Wildman–Crippen MR) is 73.2 cm³/mol. The van der Waals surface area contributed by atoms with E-state index in [1.165, 1.54) is 18.9 Å². The molecule has 19 heavy (non-hydrogen) atoms. The molecule has 1 N–H and O–H groups in total. The minimum absolute atomic E-state index is 0.0326. The summed E-state index contributed by atoms with van der Waals surface area (Å²) in [5.74, 6) is 0.702. The maximum absolute atomic E-state index is 12.3. The van der Waals surface area contributed by atoms with Crippen LogP contribution in [-0.4, -0.2) is 35.1 Å². The van der Waals surface area contributed by atoms with Crippen molar-refractivity contribution in [3.63, 3.8) is 0 Å². The van der Waals surface area contributed by atoms with E-state index in [0.717, 1.165) is 25.9 Å². The monoisotopic (exact) mass is 263 g/mol. The number of rotatable bonds is 3. The van der Waals surface area contributed by atoms with E-state index in [0.29, 0.717) is 5.75 Å². The summed E-state index contributed by atoms with van der Waals surface area (Å²) in [5.41, 5.74) is 0. The van der Waals surface area contributed by atoms with Gasteiger partial charge in [0.1, 0.15) is 11.5 Å². The van der Waals surface area contributed by atoms with E-state index in [4.69, 9.17) is 4.74 Å². The van der Waals surface area contributed by atoms with Crippen molar-refractivity contribution < 1.29 is 14.6 Å². The van der Waals surface area contributed by atoms with Crippen molar-refractivity contribution >= 4 is 5.91 Å². The van der Waals surface area contributed by atoms with Crippen LogP contribution in [0.1, 0.15) is 32.6 Å². The maximum atomic E-state index is 12.3. The molecule has 1 saturated heterocycles. The number of likely N-dealkylation sites (tertiary alicyclic amines) is 1. The molecular formula is C15H21NO3. The van der Waals surface area contributed by atoms with Gasteiger partial charge in [0, 0.05) is 19.2 Å². The van der Waals surface area contributed by atoms with Crippen LogP contribution in [0, 0.1) is 0 Å². The zero-order valence-corrected chi connectivity index (χ0v) is 11.3. The van der Waals surface area contributed by atoms with Crippen molar-refractivity contribution in [3.05, 3.63) is 24.3 Å². The molecule has 0 radical (unpaired) electrons. The highest BCUT2D eigenvalue weighted by molar-refractivity contribution is 5.80. The van der Waals surface area contributed by atoms with Crippen LogP contribution in [0.25, 0.3) is 0 Å². The third-order valence-electron chi connectivity index (χ3n) is 3.40. The third kappa shape index (κ3) is 3.88. The number of carbonyl (C=O) groups is 1. The lowest BCUT2D eigenvalue weighted by Gasteiger charge is -2.24. The predicted octanol–water partition coefficient (Wildman–Crippen LogP) is 2.56. The first kappa shape index (κ1) is 13.7. The lowest BCUT2D eigenvalue weighted by atomic mass is 10.2. The van der Waals surface area contributed by atoms with Crippen LogP contribution in [0.2, 0.25) is 0 Å². The summed E-state index contributed by atoms with van der Waals surface area (Å²) in [4.78, 5) is 14.2. The number of benzene rings is 1. The quantitative estimate of drug-likeness (QED) is 0.911. The molecule has 0 aliphatic carbocycles. The van der Waals surface area contributed by atoms with E-state index in [-0.39, 0.29) is 11.7 Å². The van der Waals surface area contributed by atoms with Gasteiger partial charge in [-0.25, -0.2) is 0 Å². The molecule has 1 aliphatic heterocycles. The van der Waals surface area contributed by atoms with E-state index in [2.05, 4.69) is 0 Å². The van der Waals surface area contributed by atoms with Gasteiger partial charge in [0.15, 0.2) is 6.10 Å². The first-order valence-electron chi connectivity index (χ1n) is 6.91. The standard InChI is InChI=1S/C15H21NO3/c1-12(19-14-8-6-7-13(17)11-14)15(18)16-9-4-2-3-5-10-16/h6-8,11-12,17H,2-5,9-10H2,1H3. The molecule has 1 amide bonds. The molecule has 1 heterocycles. The Morgan fingerprint density at radius 1 is 1.26 bits per heavy atom. The van der Waals surface area contributed by atoms with Gasteiger partial charge in [0.25, 0.3) is 5.91 Å². The Balaban J connectivity index is 1.94. The smallest absolute Gasteiger partial charge is 0.263 e. The zero-order chi connectivity index (χ0) is 13.7. The molecule has 1 atom stereocenters. The summed E-state index contributed by atoms with van der Waals surface area (Å²) in [7, 11) is 0. The molecule has 104 valence electrons. The highest BCUT2D eigenvalue weighted by Crippen LogP contribution is 2.20. The summed E-state index contributed by atoms with van der Waals surface area (Å²) < 4.78 is 5.60. The second-order valence-corrected chi connectivity index (χ2v) is 5.00. The van der Waals surface area contributed by atoms with Crippen molar-refractivity contribution in [3.8, 4) is 11.5 Å². The number of phenols is 1. The van der Waals surface area contributed by atoms with E-state index >= 15 is 0 Å². The number of aromatic hydroxyl groups is 1. The van der Waals surface area contributed by atoms with Crippen molar-refractivity contribution in [2.75, 3.05) is 13.1 Å². The fraction of sp³-hybridized carbons (Fsp3) is 0.533. The van der Waals surface area contributed by atoms with E-state index in [1.54, 1.807) is 25.1 Å². The molecule has 1 aliphatic rings. The lowest BCUT2D eigenvalue weighted by Crippen LogP contribution is -2.40. The number of nitrogens with zero attached hydrogens (tertiary/aromatic N) is 1. The van der Waals surface area contributed by atoms with E-state index in [1.807, 2.05) is 4.90 Å². The number of phenolic OH excluding ortho intramolecular Hbond substituents is 1. The number of carbonyl (C=O) groups excluding carboxylic acids is 1. The van der Waals surface area contributed by atoms with Crippen molar-refractivity contribution in [2.24, 2.45) is 0 Å². The molecule has 0 spiro atoms. The first-order chi connectivity index (χ1) is 9.16. The van der Waals surface area contributed by atoms with Gasteiger partial charge in [-0.15, -0.1) is 0 Å². The minimum atomic E-state index is -0.514. The largest absolute Gasteiger partial charge is 0.508 e. The summed E-state index contributed by atoms with van der Waals surface area (Å²) >= 11 is 0. The lowest BCUT2D eigenvalue weighted by molar-refractivity contribution is -0.137. The fourth-order valence-electron chi connectivity index (χ4n) is 2.36. The molecule has 0 bridgehead atoms. The van der Waals surface area contributed by atoms with Gasteiger partial charge in [0.05, 0.1) is 0 Å². The van der Waals surface area contributed by atoms with Gasteiger partial charge in [0.2, 0.25) is 0 Å². The van der Waals surface area contributed by atoms with Crippen LogP contribution in [-0.2, 0) is 4.79 Å². The molecule has 0 aromatic heterocycles. The molecule has 4 heteroatoms. The molecule has 2 rings (SSSR count). The molecular weight excluding hydrogens is 242 g/mol. The minimum Gasteiger partial charge on any atom is -0.508 e. The van der Waals surface area contributed by atoms with Crippen LogP contribution >= 0.6 is 0 Å². The molecule has 1 aromatic carbocycles. The SMILES string of the molecule is CC(Oc1cccc(O)c1)C(=O)N1CCCCCC1. The first-order valence-corrected chi connectivity index (χ1v) is 6.91. The average molecular weight is 263 g/mol. The highest BCUT2D eigenvalue weighted by Gasteiger charge is 2.22. The van der Waals surface area contributed by atoms with Gasteiger partial charge in [-0.2, -0.15) is 0 Å². The highest BCUT2D eigenvalue weighted by atomic mass is 16.5. The molecule has 0 saturated carbocycles. The topological polar surface area (TPSA) is 49.8 Å². The van der Waals surface area contributed by atoms with Crippen molar-refractivity contribution in [1.82, 2.24) is 4.90 Å². The Hall–Kier alpha value is -1.71. The Morgan fingerprint density at radius 3 is 2.58 bits per heavy atom. The van der Waals surface area contributed by atoms with Crippen LogP contribution in [0.4, 0.5) is 0 Å². The van der Waals surface area contributed by atoms with Gasteiger partial charge >= 0.3 is 0 Å². The summed E-state index contributed by atoms with van der Waals surface area (Å²) in [6, 6.07) is 6.54. The maximum Gasteiger partial charge on any atom is 0.263 e. The Labute approximate surface area is 114 Å². The van der Waals surface area contributed by atoms with Crippen LogP contribution in [0.3, 0.4) is 0 Å². The van der Waals surface area contributed by atoms with Gasteiger partial charge in [-0.3, -0.25) is 4.79 Å². The summed E-state index contributed by atoms with van der Waals surface area (Å²) in [5, 5.41) is 9.38. The van der Waals surface area contributed by atoms with E-state index in [9.17, 15) is 9.90 Å². The van der Waals surface area contributed by atoms with Crippen LogP contribution in [0.5, 0.6) is 11.5 Å². The van der Waals surface area contributed by atoms with Crippen molar-refractivity contribution in [1.29, 1.82) is 0 Å². The normalized spacial score (nSPS) is 17.6. The Kier molecular flexibility index (Phi) is 4.66. The second kappa shape index (κ2) is 6.45. The molecule has 1 unspecified atom stereocenters. The third-order valence-corrected chi connectivity index (χ3v) is 3.40. The fourth-order valence-corrected chi connectivity index (χ4v) is 2.36. The number of hydrogen-bond donors (Lipinski definition) is 1. The Bertz CT molecular complexity index is 425. The van der Waals surface area contributed by atoms with Gasteiger partial charge in [-0.05, 0) is 31.9 Å². The average Bonchev–Trinajstić information content (AvgIpc) is 2.66. The molecule has 1 fully saturated rings. The number of amides is 1. The number of ether oxygens (including phenoxy) is 1. The van der Waals surface area contributed by atoms with Crippen LogP contribution in [0.15, 0.2) is 24.3 Å². The summed E-state index contributed by atoms with van der Waals surface area (Å²) in [6.07, 6.45) is 4.03. The van der Waals surface area contributed by atoms with Gasteiger partial charge < -0.3 is 14.7 Å². The second-order valence-electron chi connectivity index (χ2n) is 5.00. The summed E-state index contributed by atoms with van der Waals surface area (Å²) in [6.45, 7) is 3.41.